The summed E-state index contributed by atoms with van der Waals surface area (Å²) in [5, 5.41) is 44.0. The van der Waals surface area contributed by atoms with E-state index in [9.17, 15) is 43.2 Å². The van der Waals surface area contributed by atoms with E-state index in [1.165, 1.54) is 19.1 Å². The first-order valence-corrected chi connectivity index (χ1v) is 14.3. The number of H-pyrrole nitrogens is 1. The molecular formula is C33H29F3N4Na2O6. The summed E-state index contributed by atoms with van der Waals surface area (Å²) in [6, 6.07) is 0. The molecule has 5 rings (SSSR count). The van der Waals surface area contributed by atoms with E-state index in [0.717, 1.165) is 6.26 Å². The average Bonchev–Trinajstić information content (AvgIpc) is 3.63. The van der Waals surface area contributed by atoms with Crippen LogP contribution in [-0.4, -0.2) is 56.6 Å². The molecule has 4 aliphatic heterocycles. The van der Waals surface area contributed by atoms with Crippen molar-refractivity contribution >= 4 is 47.5 Å². The van der Waals surface area contributed by atoms with E-state index in [4.69, 9.17) is 4.99 Å². The quantitative estimate of drug-likeness (QED) is 0.247. The summed E-state index contributed by atoms with van der Waals surface area (Å²) in [6.07, 6.45) is -1.54. The summed E-state index contributed by atoms with van der Waals surface area (Å²) < 4.78 is 41.7. The fourth-order valence-electron chi connectivity index (χ4n) is 5.83. The number of rotatable bonds is 7. The number of fused-ring (bicyclic) bond motifs is 5. The molecule has 1 atom stereocenters. The second kappa shape index (κ2) is 15.2. The maximum Gasteiger partial charge on any atom is 1.00 e. The van der Waals surface area contributed by atoms with Gasteiger partial charge in [-0.25, -0.2) is 15.0 Å². The van der Waals surface area contributed by atoms with Gasteiger partial charge in [0, 0.05) is 28.4 Å². The number of carbonyl (C=O) groups excluding carboxylic acids is 2. The summed E-state index contributed by atoms with van der Waals surface area (Å²) in [5.41, 5.74) is 4.19. The fraction of sp³-hybridized carbons (Fsp3) is 0.303. The molecule has 0 aromatic carbocycles. The van der Waals surface area contributed by atoms with Crippen molar-refractivity contribution in [2.45, 2.75) is 65.7 Å². The first kappa shape index (κ1) is 39.4. The van der Waals surface area contributed by atoms with Gasteiger partial charge in [0.1, 0.15) is 0 Å². The number of halogens is 3. The Morgan fingerprint density at radius 2 is 1.35 bits per heavy atom. The van der Waals surface area contributed by atoms with E-state index < -0.39 is 29.8 Å². The monoisotopic (exact) mass is 680 g/mol. The van der Waals surface area contributed by atoms with Crippen LogP contribution >= 0.6 is 0 Å². The van der Waals surface area contributed by atoms with Gasteiger partial charge in [0.15, 0.2) is 6.10 Å². The van der Waals surface area contributed by atoms with E-state index in [-0.39, 0.29) is 107 Å². The van der Waals surface area contributed by atoms with Crippen LogP contribution < -0.4 is 79.9 Å². The number of carboxylic acid groups (broad SMARTS) is 2. The second-order valence-corrected chi connectivity index (χ2v) is 11.3. The Morgan fingerprint density at radius 3 is 1.94 bits per heavy atom. The number of aromatic nitrogens is 1. The number of hydrogen-bond donors (Lipinski definition) is 3. The van der Waals surface area contributed by atoms with Gasteiger partial charge in [-0.1, -0.05) is 0 Å². The van der Waals surface area contributed by atoms with Gasteiger partial charge >= 0.3 is 65.3 Å². The molecule has 0 saturated carbocycles. The van der Waals surface area contributed by atoms with Crippen LogP contribution in [0.25, 0.3) is 18.4 Å². The standard InChI is InChI=1S/C33H31F3N4O6.2Na/c1-14-18(5-7-29(42)43)25-12-26-19(6-8-30(44)45)15(2)23(38-26)11-28-31(32(46)33(34,35)36)17(4)24(40-28)10-27-20(13-41)16(3)22(39-27)9-21(14)37-25;;/h9-13,32,39,41,46H,5-8H2,1-4H3,(H,42,43)(H,44,45);;/q;2*+1/p-2. The molecule has 0 fully saturated rings. The Bertz CT molecular complexity index is 2010. The van der Waals surface area contributed by atoms with Gasteiger partial charge in [0.2, 0.25) is 0 Å². The number of hydrogen-bond acceptors (Lipinski definition) is 9. The van der Waals surface area contributed by atoms with E-state index in [1.54, 1.807) is 32.9 Å². The van der Waals surface area contributed by atoms with Crippen molar-refractivity contribution in [2.24, 2.45) is 15.0 Å². The number of aliphatic imine (C=N–C) groups is 3. The molecule has 4 aliphatic rings. The van der Waals surface area contributed by atoms with Crippen LogP contribution in [0.3, 0.4) is 0 Å². The Labute approximate surface area is 317 Å². The second-order valence-electron chi connectivity index (χ2n) is 11.3. The summed E-state index contributed by atoms with van der Waals surface area (Å²) in [6.45, 7) is 6.56. The van der Waals surface area contributed by atoms with Gasteiger partial charge < -0.3 is 35.0 Å². The molecule has 1 aromatic heterocycles. The largest absolute Gasteiger partial charge is 1.00 e. The normalized spacial score (nSPS) is 18.3. The first-order chi connectivity index (χ1) is 21.6. The topological polar surface area (TPSA) is 174 Å². The third kappa shape index (κ3) is 7.72. The van der Waals surface area contributed by atoms with Crippen molar-refractivity contribution in [3.05, 3.63) is 84.5 Å². The Balaban J connectivity index is 0.00000312. The van der Waals surface area contributed by atoms with E-state index >= 15 is 0 Å². The summed E-state index contributed by atoms with van der Waals surface area (Å²) in [7, 11) is 0. The van der Waals surface area contributed by atoms with Crippen molar-refractivity contribution in [1.29, 1.82) is 0 Å². The van der Waals surface area contributed by atoms with Crippen LogP contribution in [0.15, 0.2) is 77.7 Å². The third-order valence-corrected chi connectivity index (χ3v) is 8.43. The summed E-state index contributed by atoms with van der Waals surface area (Å²) in [4.78, 5) is 39.8. The number of carbonyl (C=O) groups is 2. The smallest absolute Gasteiger partial charge is 0.550 e. The number of alkyl halides is 3. The molecule has 10 nitrogen and oxygen atoms in total. The van der Waals surface area contributed by atoms with Gasteiger partial charge in [-0.15, -0.1) is 0 Å². The predicted molar refractivity (Wildman–Crippen MR) is 161 cm³/mol. The van der Waals surface area contributed by atoms with Gasteiger partial charge in [-0.3, -0.25) is 0 Å². The van der Waals surface area contributed by atoms with Crippen molar-refractivity contribution < 1.29 is 102 Å². The molecule has 240 valence electrons. The minimum atomic E-state index is -5.01. The van der Waals surface area contributed by atoms with Gasteiger partial charge in [0.25, 0.3) is 0 Å². The zero-order chi connectivity index (χ0) is 33.7. The zero-order valence-corrected chi connectivity index (χ0v) is 31.3. The molecule has 5 heterocycles. The number of aliphatic hydroxyl groups excluding tert-OH is 2. The molecular weight excluding hydrogens is 651 g/mol. The number of carboxylic acids is 2. The van der Waals surface area contributed by atoms with Crippen LogP contribution in [0.1, 0.15) is 57.7 Å². The summed E-state index contributed by atoms with van der Waals surface area (Å²) in [5.74, 6) is -2.57. The van der Waals surface area contributed by atoms with E-state index in [0.29, 0.717) is 61.2 Å². The number of aliphatic carboxylic acids is 2. The minimum absolute atomic E-state index is 0. The minimum Gasteiger partial charge on any atom is -0.550 e. The van der Waals surface area contributed by atoms with Crippen molar-refractivity contribution in [2.75, 3.05) is 0 Å². The average molecular weight is 681 g/mol. The van der Waals surface area contributed by atoms with Crippen molar-refractivity contribution in [3.63, 3.8) is 0 Å². The molecule has 0 amide bonds. The maximum atomic E-state index is 13.9. The van der Waals surface area contributed by atoms with Gasteiger partial charge in [-0.2, -0.15) is 13.2 Å². The Kier molecular flexibility index (Phi) is 12.5. The summed E-state index contributed by atoms with van der Waals surface area (Å²) >= 11 is 0. The molecule has 3 N–H and O–H groups in total. The van der Waals surface area contributed by atoms with E-state index in [1.807, 2.05) is 0 Å². The number of nitrogens with zero attached hydrogens (tertiary/aromatic N) is 3. The molecule has 1 aromatic rings. The molecule has 0 aliphatic carbocycles. The molecule has 0 radical (unpaired) electrons. The molecule has 8 bridgehead atoms. The molecule has 15 heteroatoms. The Hall–Kier alpha value is -3.04. The maximum absolute atomic E-state index is 13.9. The number of nitrogens with one attached hydrogen (secondary N) is 1. The molecule has 48 heavy (non-hydrogen) atoms. The SMILES string of the molecule is CC1=C(CCC(=O)[O-])C2=CC3=NC(=Cc4[nH]c(c(=CO)c4C)=CC4=NC(=CC1=N2)C(C(O)C(F)(F)F)=C4C)C(C)=C3CCC(=O)[O-].[Na+].[Na+]. The number of aromatic amines is 1. The van der Waals surface area contributed by atoms with Crippen LogP contribution in [-0.2, 0) is 9.59 Å². The van der Waals surface area contributed by atoms with E-state index in [2.05, 4.69) is 15.0 Å². The van der Waals surface area contributed by atoms with Gasteiger partial charge in [-0.05, 0) is 111 Å². The molecule has 0 saturated heterocycles. The number of aliphatic hydroxyl groups is 2. The van der Waals surface area contributed by atoms with Crippen molar-refractivity contribution in [3.8, 4) is 0 Å². The van der Waals surface area contributed by atoms with Gasteiger partial charge in [0.05, 0.1) is 45.8 Å². The predicted octanol–water partition coefficient (Wildman–Crippen LogP) is -4.17. The first-order valence-electron chi connectivity index (χ1n) is 14.3. The van der Waals surface area contributed by atoms with Crippen LogP contribution in [0, 0.1) is 6.92 Å². The van der Waals surface area contributed by atoms with Crippen LogP contribution in [0.5, 0.6) is 0 Å². The Morgan fingerprint density at radius 1 is 0.812 bits per heavy atom. The fourth-order valence-corrected chi connectivity index (χ4v) is 5.83. The van der Waals surface area contributed by atoms with Crippen LogP contribution in [0.2, 0.25) is 0 Å². The number of allylic oxidation sites excluding steroid dienone is 7. The third-order valence-electron chi connectivity index (χ3n) is 8.43. The zero-order valence-electron chi connectivity index (χ0n) is 27.3. The molecule has 0 spiro atoms. The van der Waals surface area contributed by atoms with Crippen LogP contribution in [0.4, 0.5) is 13.2 Å². The van der Waals surface area contributed by atoms with Crippen molar-refractivity contribution in [1.82, 2.24) is 4.98 Å². The molecule has 1 unspecified atom stereocenters.